The SMILES string of the molecule is COc1ccc(NC(=O)Cc2ccc(-c3ccc(-c4noc(C)n4)cc3C)cc2)cc1N(CCN(C)C)C(=O)OC(C)(C)C. The van der Waals surface area contributed by atoms with Crippen LogP contribution >= 0.6 is 0 Å². The van der Waals surface area contributed by atoms with Gasteiger partial charge in [0.25, 0.3) is 0 Å². The lowest BCUT2D eigenvalue weighted by Crippen LogP contribution is -2.40. The molecule has 0 saturated carbocycles. The second-order valence-corrected chi connectivity index (χ2v) is 11.9. The van der Waals surface area contributed by atoms with Gasteiger partial charge in [0.2, 0.25) is 17.6 Å². The van der Waals surface area contributed by atoms with Crippen molar-refractivity contribution >= 4 is 23.4 Å². The Morgan fingerprint density at radius 1 is 0.932 bits per heavy atom. The highest BCUT2D eigenvalue weighted by Crippen LogP contribution is 2.33. The number of aryl methyl sites for hydroxylation is 2. The van der Waals surface area contributed by atoms with Crippen molar-refractivity contribution in [2.24, 2.45) is 0 Å². The number of likely N-dealkylation sites (N-methyl/N-ethyl adjacent to an activating group) is 1. The molecule has 0 radical (unpaired) electrons. The van der Waals surface area contributed by atoms with Gasteiger partial charge in [-0.2, -0.15) is 4.98 Å². The van der Waals surface area contributed by atoms with Gasteiger partial charge in [-0.15, -0.1) is 0 Å². The number of ether oxygens (including phenoxy) is 2. The largest absolute Gasteiger partial charge is 0.495 e. The summed E-state index contributed by atoms with van der Waals surface area (Å²) in [6, 6.07) is 19.2. The lowest BCUT2D eigenvalue weighted by molar-refractivity contribution is -0.115. The van der Waals surface area contributed by atoms with E-state index in [1.165, 1.54) is 4.90 Å². The van der Waals surface area contributed by atoms with Crippen LogP contribution in [0.15, 0.2) is 65.2 Å². The molecule has 232 valence electrons. The third-order valence-corrected chi connectivity index (χ3v) is 6.78. The smallest absolute Gasteiger partial charge is 0.414 e. The first-order valence-corrected chi connectivity index (χ1v) is 14.5. The minimum absolute atomic E-state index is 0.179. The van der Waals surface area contributed by atoms with Crippen LogP contribution in [0.3, 0.4) is 0 Å². The van der Waals surface area contributed by atoms with Crippen LogP contribution in [-0.2, 0) is 16.0 Å². The summed E-state index contributed by atoms with van der Waals surface area (Å²) < 4.78 is 16.4. The zero-order chi connectivity index (χ0) is 32.0. The molecule has 4 aromatic rings. The van der Waals surface area contributed by atoms with Crippen LogP contribution in [0.25, 0.3) is 22.5 Å². The maximum atomic E-state index is 13.2. The van der Waals surface area contributed by atoms with E-state index in [-0.39, 0.29) is 12.3 Å². The molecule has 0 atom stereocenters. The molecule has 3 aromatic carbocycles. The summed E-state index contributed by atoms with van der Waals surface area (Å²) in [5.41, 5.74) is 5.37. The summed E-state index contributed by atoms with van der Waals surface area (Å²) in [7, 11) is 5.41. The third-order valence-electron chi connectivity index (χ3n) is 6.78. The predicted octanol–water partition coefficient (Wildman–Crippen LogP) is 6.51. The Bertz CT molecular complexity index is 1610. The van der Waals surface area contributed by atoms with Gasteiger partial charge in [-0.3, -0.25) is 9.69 Å². The van der Waals surface area contributed by atoms with Crippen molar-refractivity contribution in [1.29, 1.82) is 0 Å². The second kappa shape index (κ2) is 13.7. The van der Waals surface area contributed by atoms with Gasteiger partial charge in [0, 0.05) is 31.3 Å². The Kier molecular flexibility index (Phi) is 10.1. The van der Waals surface area contributed by atoms with Gasteiger partial charge in [-0.25, -0.2) is 4.79 Å². The van der Waals surface area contributed by atoms with E-state index in [1.54, 1.807) is 32.2 Å². The van der Waals surface area contributed by atoms with E-state index in [2.05, 4.69) is 15.5 Å². The fraction of sp³-hybridized carbons (Fsp3) is 0.353. The summed E-state index contributed by atoms with van der Waals surface area (Å²) >= 11 is 0. The van der Waals surface area contributed by atoms with E-state index in [0.717, 1.165) is 27.8 Å². The number of carbonyl (C=O) groups excluding carboxylic acids is 2. The second-order valence-electron chi connectivity index (χ2n) is 11.9. The standard InChI is InChI=1S/C34H41N5O5/c1-22-19-26(32-35-23(2)44-37-32)13-15-28(22)25-11-9-24(10-12-25)20-31(40)36-27-14-16-30(42-8)29(21-27)39(18-17-38(6)7)33(41)43-34(3,4)5/h9-16,19,21H,17-18,20H2,1-8H3,(H,36,40). The van der Waals surface area contributed by atoms with Crippen molar-refractivity contribution in [3.8, 4) is 28.3 Å². The lowest BCUT2D eigenvalue weighted by atomic mass is 9.97. The predicted molar refractivity (Wildman–Crippen MR) is 172 cm³/mol. The first-order valence-electron chi connectivity index (χ1n) is 14.5. The Hall–Kier alpha value is -4.70. The van der Waals surface area contributed by atoms with Crippen LogP contribution in [0.4, 0.5) is 16.2 Å². The van der Waals surface area contributed by atoms with Crippen molar-refractivity contribution in [2.45, 2.75) is 46.6 Å². The molecule has 2 amide bonds. The van der Waals surface area contributed by atoms with Crippen molar-refractivity contribution in [2.75, 3.05) is 44.5 Å². The topological polar surface area (TPSA) is 110 Å². The van der Waals surface area contributed by atoms with Gasteiger partial charge in [-0.1, -0.05) is 41.6 Å². The molecule has 0 saturated heterocycles. The van der Waals surface area contributed by atoms with Crippen LogP contribution in [0.1, 0.15) is 37.8 Å². The molecule has 10 heteroatoms. The molecule has 1 aromatic heterocycles. The minimum Gasteiger partial charge on any atom is -0.495 e. The molecule has 0 aliphatic carbocycles. The molecule has 0 aliphatic heterocycles. The van der Waals surface area contributed by atoms with Crippen LogP contribution < -0.4 is 15.0 Å². The quantitative estimate of drug-likeness (QED) is 0.220. The number of benzene rings is 3. The normalized spacial score (nSPS) is 11.4. The average Bonchev–Trinajstić information content (AvgIpc) is 3.39. The summed E-state index contributed by atoms with van der Waals surface area (Å²) in [5, 5.41) is 6.97. The van der Waals surface area contributed by atoms with Crippen LogP contribution in [0.2, 0.25) is 0 Å². The summed E-state index contributed by atoms with van der Waals surface area (Å²) in [5.74, 6) is 1.41. The molecule has 0 aliphatic rings. The molecule has 0 unspecified atom stereocenters. The first-order chi connectivity index (χ1) is 20.8. The third kappa shape index (κ3) is 8.44. The van der Waals surface area contributed by atoms with Gasteiger partial charge >= 0.3 is 6.09 Å². The zero-order valence-corrected chi connectivity index (χ0v) is 26.7. The number of anilines is 2. The maximum absolute atomic E-state index is 13.2. The summed E-state index contributed by atoms with van der Waals surface area (Å²) in [4.78, 5) is 34.1. The molecular weight excluding hydrogens is 558 g/mol. The molecule has 1 heterocycles. The van der Waals surface area contributed by atoms with E-state index in [1.807, 2.05) is 89.2 Å². The Morgan fingerprint density at radius 3 is 2.23 bits per heavy atom. The van der Waals surface area contributed by atoms with Crippen molar-refractivity contribution in [3.63, 3.8) is 0 Å². The number of hydrogen-bond acceptors (Lipinski definition) is 8. The van der Waals surface area contributed by atoms with Gasteiger partial charge in [0.15, 0.2) is 0 Å². The van der Waals surface area contributed by atoms with E-state index in [4.69, 9.17) is 14.0 Å². The Morgan fingerprint density at radius 2 is 1.64 bits per heavy atom. The van der Waals surface area contributed by atoms with E-state index in [9.17, 15) is 9.59 Å². The molecule has 0 spiro atoms. The number of carbonyl (C=O) groups is 2. The number of nitrogens with zero attached hydrogens (tertiary/aromatic N) is 4. The van der Waals surface area contributed by atoms with Gasteiger partial charge < -0.3 is 24.2 Å². The monoisotopic (exact) mass is 599 g/mol. The van der Waals surface area contributed by atoms with Crippen LogP contribution in [0.5, 0.6) is 5.75 Å². The van der Waals surface area contributed by atoms with Gasteiger partial charge in [0.05, 0.1) is 19.2 Å². The maximum Gasteiger partial charge on any atom is 0.414 e. The Balaban J connectivity index is 1.47. The molecule has 44 heavy (non-hydrogen) atoms. The minimum atomic E-state index is -0.668. The molecule has 1 N–H and O–H groups in total. The molecule has 4 rings (SSSR count). The lowest BCUT2D eigenvalue weighted by Gasteiger charge is -2.29. The highest BCUT2D eigenvalue weighted by atomic mass is 16.6. The fourth-order valence-corrected chi connectivity index (χ4v) is 4.64. The van der Waals surface area contributed by atoms with Gasteiger partial charge in [0.1, 0.15) is 11.4 Å². The van der Waals surface area contributed by atoms with Gasteiger partial charge in [-0.05, 0) is 88.3 Å². The number of nitrogens with one attached hydrogen (secondary N) is 1. The van der Waals surface area contributed by atoms with E-state index >= 15 is 0 Å². The number of methoxy groups -OCH3 is 1. The fourth-order valence-electron chi connectivity index (χ4n) is 4.64. The molecule has 0 fully saturated rings. The molecular formula is C34H41N5O5. The number of hydrogen-bond donors (Lipinski definition) is 1. The average molecular weight is 600 g/mol. The van der Waals surface area contributed by atoms with Crippen molar-refractivity contribution in [1.82, 2.24) is 15.0 Å². The Labute approximate surface area is 259 Å². The highest BCUT2D eigenvalue weighted by molar-refractivity contribution is 5.95. The number of amides is 2. The highest BCUT2D eigenvalue weighted by Gasteiger charge is 2.26. The van der Waals surface area contributed by atoms with Crippen molar-refractivity contribution in [3.05, 3.63) is 77.7 Å². The van der Waals surface area contributed by atoms with Crippen LogP contribution in [0, 0.1) is 13.8 Å². The zero-order valence-electron chi connectivity index (χ0n) is 26.7. The van der Waals surface area contributed by atoms with E-state index in [0.29, 0.717) is 41.9 Å². The van der Waals surface area contributed by atoms with E-state index < -0.39 is 11.7 Å². The summed E-state index contributed by atoms with van der Waals surface area (Å²) in [6.45, 7) is 10.3. The summed E-state index contributed by atoms with van der Waals surface area (Å²) in [6.07, 6.45) is -0.302. The molecule has 10 nitrogen and oxygen atoms in total. The first kappa shape index (κ1) is 32.2. The van der Waals surface area contributed by atoms with Crippen LogP contribution in [-0.4, -0.2) is 66.9 Å². The number of aromatic nitrogens is 2. The number of rotatable bonds is 10. The van der Waals surface area contributed by atoms with Crippen molar-refractivity contribution < 1.29 is 23.6 Å². The molecule has 0 bridgehead atoms.